The van der Waals surface area contributed by atoms with E-state index in [9.17, 15) is 34.2 Å². The molecule has 18 heteroatoms. The lowest BCUT2D eigenvalue weighted by atomic mass is 9.45. The van der Waals surface area contributed by atoms with Crippen LogP contribution in [0.2, 0.25) is 0 Å². The van der Waals surface area contributed by atoms with Gasteiger partial charge in [-0.25, -0.2) is 14.4 Å². The van der Waals surface area contributed by atoms with E-state index in [0.717, 1.165) is 0 Å². The largest absolute Gasteiger partial charge is 0.456 e. The van der Waals surface area contributed by atoms with Crippen LogP contribution in [-0.2, 0) is 47.5 Å². The first-order chi connectivity index (χ1) is 31.9. The van der Waals surface area contributed by atoms with Gasteiger partial charge in [-0.15, -0.1) is 0 Å². The number of aliphatic hydroxyl groups is 2. The Balaban J connectivity index is 1.24. The molecule has 2 saturated carbocycles. The summed E-state index contributed by atoms with van der Waals surface area (Å²) in [6, 6.07) is 11.7. The summed E-state index contributed by atoms with van der Waals surface area (Å²) in [5, 5.41) is 28.4. The molecule has 5 fully saturated rings. The van der Waals surface area contributed by atoms with Crippen LogP contribution in [0.1, 0.15) is 96.7 Å². The summed E-state index contributed by atoms with van der Waals surface area (Å²) in [6.07, 6.45) is -6.88. The molecule has 8 rings (SSSR count). The highest BCUT2D eigenvalue weighted by Crippen LogP contribution is 2.66. The number of carbonyl (C=O) groups is 5. The van der Waals surface area contributed by atoms with Gasteiger partial charge in [0.15, 0.2) is 18.0 Å². The summed E-state index contributed by atoms with van der Waals surface area (Å²) in [4.78, 5) is 76.2. The molecule has 370 valence electrons. The number of ether oxygens (including phenoxy) is 7. The molecule has 3 aliphatic carbocycles. The molecule has 2 aromatic rings. The summed E-state index contributed by atoms with van der Waals surface area (Å²) in [7, 11) is 3.45. The maximum atomic E-state index is 14.5. The van der Waals surface area contributed by atoms with Crippen LogP contribution >= 0.6 is 0 Å². The molecule has 6 aliphatic rings. The molecule has 2 bridgehead atoms. The van der Waals surface area contributed by atoms with E-state index in [1.54, 1.807) is 89.2 Å². The molecule has 4 heterocycles. The molecule has 12 atom stereocenters. The first-order valence-corrected chi connectivity index (χ1v) is 23.4. The van der Waals surface area contributed by atoms with Crippen LogP contribution in [0.3, 0.4) is 0 Å². The van der Waals surface area contributed by atoms with Gasteiger partial charge in [-0.2, -0.15) is 0 Å². The lowest BCUT2D eigenvalue weighted by Gasteiger charge is -2.68. The number of aromatic nitrogens is 1. The Morgan fingerprint density at radius 3 is 2.29 bits per heavy atom. The molecular formula is C50H66N4O14. The van der Waals surface area contributed by atoms with E-state index in [1.807, 2.05) is 20.8 Å². The number of fused-ring (bicyclic) bond motifs is 8. The standard InChI is InChI=1S/C50H66N4O14/c1-27-32(63-44(59)37(56)36(31-18-14-15-21-51-31)52-45(60)68-46(3,4)5)22-50(61)41(66-43(58)29-16-12-11-13-17-29)39-48(8,20-19-33-49(39,26-62-33)67-28(2)55)40-38(35(27)47(50,6)7)64-34(65-40)25-54-23-30(24-54)42(57)53(9)10/h11-18,21,30,32-34,36-41,56,61H,19-20,22-26H2,1-10H3,(H,52,60)/t32-,33+,34+,36-,37+,38+,39-,40+,41-,48+,49-,50+/m0/s1. The monoisotopic (exact) mass is 946 g/mol. The van der Waals surface area contributed by atoms with E-state index in [-0.39, 0.29) is 36.1 Å². The Morgan fingerprint density at radius 1 is 1.00 bits per heavy atom. The molecule has 1 aromatic heterocycles. The van der Waals surface area contributed by atoms with Crippen molar-refractivity contribution in [3.63, 3.8) is 0 Å². The van der Waals surface area contributed by atoms with Crippen molar-refractivity contribution in [2.75, 3.05) is 40.3 Å². The third-order valence-corrected chi connectivity index (χ3v) is 15.2. The van der Waals surface area contributed by atoms with Crippen LogP contribution in [0.15, 0.2) is 65.9 Å². The average Bonchev–Trinajstić information content (AvgIpc) is 3.67. The van der Waals surface area contributed by atoms with E-state index < -0.39 is 107 Å². The Kier molecular flexibility index (Phi) is 13.1. The summed E-state index contributed by atoms with van der Waals surface area (Å²) < 4.78 is 45.1. The molecule has 0 spiro atoms. The summed E-state index contributed by atoms with van der Waals surface area (Å²) in [6.45, 7) is 15.0. The maximum absolute atomic E-state index is 14.5. The zero-order valence-electron chi connectivity index (χ0n) is 40.6. The highest BCUT2D eigenvalue weighted by atomic mass is 16.7. The summed E-state index contributed by atoms with van der Waals surface area (Å²) in [5.74, 6) is -3.63. The third kappa shape index (κ3) is 8.69. The van der Waals surface area contributed by atoms with Crippen molar-refractivity contribution in [3.8, 4) is 0 Å². The van der Waals surface area contributed by atoms with Crippen LogP contribution < -0.4 is 5.32 Å². The lowest BCUT2D eigenvalue weighted by Crippen LogP contribution is -2.79. The van der Waals surface area contributed by atoms with Gasteiger partial charge in [0.05, 0.1) is 35.8 Å². The zero-order chi connectivity index (χ0) is 49.3. The minimum absolute atomic E-state index is 0.0274. The first-order valence-electron chi connectivity index (χ1n) is 23.4. The Morgan fingerprint density at radius 2 is 1.69 bits per heavy atom. The number of pyridine rings is 1. The van der Waals surface area contributed by atoms with Gasteiger partial charge in [0.1, 0.15) is 41.7 Å². The normalized spacial score (nSPS) is 33.9. The number of likely N-dealkylation sites (tertiary alicyclic amines) is 1. The predicted molar refractivity (Wildman–Crippen MR) is 241 cm³/mol. The number of carbonyl (C=O) groups excluding carboxylic acids is 5. The molecular weight excluding hydrogens is 881 g/mol. The second kappa shape index (κ2) is 18.1. The number of rotatable bonds is 11. The van der Waals surface area contributed by atoms with Gasteiger partial charge in [0.25, 0.3) is 0 Å². The van der Waals surface area contributed by atoms with Crippen molar-refractivity contribution in [3.05, 3.63) is 77.1 Å². The molecule has 18 nitrogen and oxygen atoms in total. The fourth-order valence-electron chi connectivity index (χ4n) is 11.9. The Bertz CT molecular complexity index is 2300. The van der Waals surface area contributed by atoms with Gasteiger partial charge < -0.3 is 53.6 Å². The van der Waals surface area contributed by atoms with Crippen LogP contribution in [0.25, 0.3) is 0 Å². The highest BCUT2D eigenvalue weighted by molar-refractivity contribution is 5.89. The van der Waals surface area contributed by atoms with Gasteiger partial charge >= 0.3 is 24.0 Å². The van der Waals surface area contributed by atoms with Crippen LogP contribution in [0.5, 0.6) is 0 Å². The van der Waals surface area contributed by atoms with Gasteiger partial charge in [-0.05, 0) is 75.9 Å². The van der Waals surface area contributed by atoms with Crippen LogP contribution in [0, 0.1) is 22.7 Å². The van der Waals surface area contributed by atoms with Crippen molar-refractivity contribution in [1.29, 1.82) is 0 Å². The molecule has 2 amide bonds. The molecule has 3 N–H and O–H groups in total. The fraction of sp³-hybridized carbons (Fsp3) is 0.640. The topological polar surface area (TPSA) is 222 Å². The first kappa shape index (κ1) is 49.4. The minimum Gasteiger partial charge on any atom is -0.456 e. The predicted octanol–water partition coefficient (Wildman–Crippen LogP) is 3.88. The molecule has 0 radical (unpaired) electrons. The molecule has 3 aliphatic heterocycles. The number of hydrogen-bond acceptors (Lipinski definition) is 16. The van der Waals surface area contributed by atoms with E-state index in [1.165, 1.54) is 19.2 Å². The van der Waals surface area contributed by atoms with Crippen LogP contribution in [0.4, 0.5) is 4.79 Å². The molecule has 0 unspecified atom stereocenters. The van der Waals surface area contributed by atoms with E-state index in [4.69, 9.17) is 33.2 Å². The van der Waals surface area contributed by atoms with Crippen molar-refractivity contribution >= 4 is 29.9 Å². The van der Waals surface area contributed by atoms with Gasteiger partial charge in [0, 0.05) is 64.1 Å². The van der Waals surface area contributed by atoms with Gasteiger partial charge in [-0.3, -0.25) is 19.5 Å². The molecule has 3 saturated heterocycles. The van der Waals surface area contributed by atoms with Crippen molar-refractivity contribution < 1.29 is 67.3 Å². The van der Waals surface area contributed by atoms with E-state index >= 15 is 0 Å². The lowest BCUT2D eigenvalue weighted by molar-refractivity contribution is -0.345. The third-order valence-electron chi connectivity index (χ3n) is 15.2. The minimum atomic E-state index is -2.11. The number of aliphatic hydroxyl groups excluding tert-OH is 1. The number of alkyl carbamates (subject to hydrolysis) is 1. The van der Waals surface area contributed by atoms with Crippen molar-refractivity contribution in [2.45, 2.75) is 140 Å². The fourth-order valence-corrected chi connectivity index (χ4v) is 11.9. The van der Waals surface area contributed by atoms with Gasteiger partial charge in [0.2, 0.25) is 5.91 Å². The second-order valence-corrected chi connectivity index (χ2v) is 21.4. The summed E-state index contributed by atoms with van der Waals surface area (Å²) in [5.41, 5.74) is -5.39. The smallest absolute Gasteiger partial charge is 0.408 e. The van der Waals surface area contributed by atoms with E-state index in [0.29, 0.717) is 43.6 Å². The number of amides is 2. The highest BCUT2D eigenvalue weighted by Gasteiger charge is 2.77. The average molecular weight is 947 g/mol. The molecule has 68 heavy (non-hydrogen) atoms. The number of hydrogen-bond donors (Lipinski definition) is 3. The Hall–Kier alpha value is -4.98. The number of nitrogens with zero attached hydrogens (tertiary/aromatic N) is 3. The maximum Gasteiger partial charge on any atom is 0.408 e. The number of esters is 3. The zero-order valence-corrected chi connectivity index (χ0v) is 40.6. The van der Waals surface area contributed by atoms with Crippen LogP contribution in [-0.4, -0.2) is 155 Å². The summed E-state index contributed by atoms with van der Waals surface area (Å²) >= 11 is 0. The second-order valence-electron chi connectivity index (χ2n) is 21.4. The molecule has 1 aromatic carbocycles. The van der Waals surface area contributed by atoms with Gasteiger partial charge in [-0.1, -0.05) is 45.0 Å². The SMILES string of the molecule is CC(=O)O[C@@]12CO[C@@H]1CC[C@@]1(C)[C@@H]3O[C@H](CN4CC(C(=O)N(C)C)C4)O[C@@H]3C3=C(C)[C@@H](OC(=O)[C@H](O)[C@@H](NC(=O)OC(C)(C)C)c4ccccn4)C[C@@](O)([C@@H](OC(=O)c4ccccc4)[C@@H]12)C3(C)C. The van der Waals surface area contributed by atoms with Crippen molar-refractivity contribution in [1.82, 2.24) is 20.1 Å². The Labute approximate surface area is 396 Å². The quantitative estimate of drug-likeness (QED) is 0.165. The number of benzene rings is 1. The van der Waals surface area contributed by atoms with Crippen molar-refractivity contribution in [2.24, 2.45) is 22.7 Å². The van der Waals surface area contributed by atoms with E-state index in [2.05, 4.69) is 15.2 Å². The number of nitrogens with one attached hydrogen (secondary N) is 1.